The topological polar surface area (TPSA) is 77.5 Å². The molecule has 0 bridgehead atoms. The minimum absolute atomic E-state index is 0.144. The van der Waals surface area contributed by atoms with E-state index in [1.165, 1.54) is 0 Å². The number of esters is 1. The highest BCUT2D eigenvalue weighted by Crippen LogP contribution is 2.31. The molecular formula is C27H24N2O4S. The third kappa shape index (κ3) is 5.68. The summed E-state index contributed by atoms with van der Waals surface area (Å²) in [5.74, 6) is 0.200. The van der Waals surface area contributed by atoms with Crippen LogP contribution in [0.5, 0.6) is 5.75 Å². The standard InChI is InChI=1S/C27H24N2O4S/c1-3-33-27(31)19-10-12-21(13-11-19)28-25(30)17-20(16-18-8-14-22(32-2)15-9-18)26-29-23-6-4-5-7-24(23)34-26/h4-16H,3,17H2,1-2H3,(H,28,30)/b20-16-. The number of carbonyl (C=O) groups excluding carboxylic acids is 2. The van der Waals surface area contributed by atoms with Crippen LogP contribution in [0, 0.1) is 0 Å². The average Bonchev–Trinajstić information content (AvgIpc) is 3.29. The summed E-state index contributed by atoms with van der Waals surface area (Å²) in [5, 5.41) is 3.70. The molecule has 34 heavy (non-hydrogen) atoms. The number of nitrogens with one attached hydrogen (secondary N) is 1. The van der Waals surface area contributed by atoms with Crippen molar-refractivity contribution in [3.63, 3.8) is 0 Å². The van der Waals surface area contributed by atoms with Gasteiger partial charge in [-0.25, -0.2) is 9.78 Å². The van der Waals surface area contributed by atoms with Crippen LogP contribution in [-0.2, 0) is 9.53 Å². The maximum Gasteiger partial charge on any atom is 0.338 e. The second-order valence-electron chi connectivity index (χ2n) is 7.45. The Balaban J connectivity index is 1.56. The van der Waals surface area contributed by atoms with E-state index in [0.717, 1.165) is 32.1 Å². The van der Waals surface area contributed by atoms with Gasteiger partial charge in [0.05, 0.1) is 35.9 Å². The fourth-order valence-electron chi connectivity index (χ4n) is 3.38. The molecule has 0 aliphatic carbocycles. The fraction of sp³-hybridized carbons (Fsp3) is 0.148. The first kappa shape index (κ1) is 23.2. The Morgan fingerprint density at radius 3 is 2.41 bits per heavy atom. The van der Waals surface area contributed by atoms with Gasteiger partial charge in [0.2, 0.25) is 5.91 Å². The van der Waals surface area contributed by atoms with E-state index in [9.17, 15) is 9.59 Å². The number of ether oxygens (including phenoxy) is 2. The van der Waals surface area contributed by atoms with Gasteiger partial charge < -0.3 is 14.8 Å². The summed E-state index contributed by atoms with van der Waals surface area (Å²) >= 11 is 1.55. The molecule has 4 aromatic rings. The Labute approximate surface area is 201 Å². The van der Waals surface area contributed by atoms with Gasteiger partial charge in [0.1, 0.15) is 10.8 Å². The smallest absolute Gasteiger partial charge is 0.338 e. The number of carbonyl (C=O) groups is 2. The van der Waals surface area contributed by atoms with Crippen LogP contribution >= 0.6 is 11.3 Å². The number of para-hydroxylation sites is 1. The first-order valence-corrected chi connectivity index (χ1v) is 11.6. The van der Waals surface area contributed by atoms with Crippen molar-refractivity contribution in [2.45, 2.75) is 13.3 Å². The fourth-order valence-corrected chi connectivity index (χ4v) is 4.36. The van der Waals surface area contributed by atoms with Crippen molar-refractivity contribution in [1.82, 2.24) is 4.98 Å². The van der Waals surface area contributed by atoms with Gasteiger partial charge in [0.25, 0.3) is 0 Å². The van der Waals surface area contributed by atoms with Crippen LogP contribution in [0.2, 0.25) is 0 Å². The van der Waals surface area contributed by atoms with Crippen molar-refractivity contribution in [2.24, 2.45) is 0 Å². The van der Waals surface area contributed by atoms with Gasteiger partial charge in [0, 0.05) is 5.69 Å². The zero-order chi connectivity index (χ0) is 23.9. The van der Waals surface area contributed by atoms with Crippen LogP contribution in [0.1, 0.15) is 34.3 Å². The molecule has 0 aliphatic rings. The number of hydrogen-bond donors (Lipinski definition) is 1. The Morgan fingerprint density at radius 1 is 1.00 bits per heavy atom. The number of nitrogens with zero attached hydrogens (tertiary/aromatic N) is 1. The number of benzene rings is 3. The molecule has 0 atom stereocenters. The van der Waals surface area contributed by atoms with Crippen LogP contribution in [0.15, 0.2) is 72.8 Å². The molecule has 1 amide bonds. The van der Waals surface area contributed by atoms with E-state index in [1.807, 2.05) is 54.6 Å². The number of thiazole rings is 1. The summed E-state index contributed by atoms with van der Waals surface area (Å²) in [7, 11) is 1.63. The molecular weight excluding hydrogens is 448 g/mol. The molecule has 0 aliphatic heterocycles. The number of aromatic nitrogens is 1. The largest absolute Gasteiger partial charge is 0.497 e. The third-order valence-corrected chi connectivity index (χ3v) is 6.17. The van der Waals surface area contributed by atoms with E-state index in [4.69, 9.17) is 14.5 Å². The molecule has 0 radical (unpaired) electrons. The van der Waals surface area contributed by atoms with Crippen molar-refractivity contribution in [3.05, 3.63) is 88.9 Å². The van der Waals surface area contributed by atoms with Crippen LogP contribution in [0.4, 0.5) is 5.69 Å². The van der Waals surface area contributed by atoms with Gasteiger partial charge in [-0.15, -0.1) is 11.3 Å². The van der Waals surface area contributed by atoms with Crippen LogP contribution < -0.4 is 10.1 Å². The first-order valence-electron chi connectivity index (χ1n) is 10.8. The third-order valence-electron chi connectivity index (χ3n) is 5.06. The van der Waals surface area contributed by atoms with Crippen molar-refractivity contribution >= 4 is 50.8 Å². The molecule has 0 saturated carbocycles. The van der Waals surface area contributed by atoms with Gasteiger partial charge in [-0.1, -0.05) is 24.3 Å². The van der Waals surface area contributed by atoms with Crippen molar-refractivity contribution in [1.29, 1.82) is 0 Å². The van der Waals surface area contributed by atoms with Crippen LogP contribution in [0.3, 0.4) is 0 Å². The Hall–Kier alpha value is -3.97. The number of amides is 1. The van der Waals surface area contributed by atoms with E-state index in [1.54, 1.807) is 49.6 Å². The summed E-state index contributed by atoms with van der Waals surface area (Å²) in [6.45, 7) is 2.07. The molecule has 0 unspecified atom stereocenters. The molecule has 1 aromatic heterocycles. The quantitative estimate of drug-likeness (QED) is 0.316. The summed E-state index contributed by atoms with van der Waals surface area (Å²) < 4.78 is 11.3. The maximum absolute atomic E-state index is 12.9. The van der Waals surface area contributed by atoms with Gasteiger partial charge in [-0.3, -0.25) is 4.79 Å². The SMILES string of the molecule is CCOC(=O)c1ccc(NC(=O)C/C(=C/c2ccc(OC)cc2)c2nc3ccccc3s2)cc1. The minimum Gasteiger partial charge on any atom is -0.497 e. The lowest BCUT2D eigenvalue weighted by Gasteiger charge is -2.09. The second kappa shape index (κ2) is 10.8. The Bertz CT molecular complexity index is 1290. The maximum atomic E-state index is 12.9. The number of rotatable bonds is 8. The average molecular weight is 473 g/mol. The lowest BCUT2D eigenvalue weighted by molar-refractivity contribution is -0.115. The summed E-state index contributed by atoms with van der Waals surface area (Å²) in [6, 6.07) is 22.2. The van der Waals surface area contributed by atoms with Crippen LogP contribution in [0.25, 0.3) is 21.9 Å². The molecule has 172 valence electrons. The van der Waals surface area contributed by atoms with Gasteiger partial charge in [0.15, 0.2) is 0 Å². The molecule has 6 nitrogen and oxygen atoms in total. The predicted molar refractivity (Wildman–Crippen MR) is 136 cm³/mol. The highest BCUT2D eigenvalue weighted by Gasteiger charge is 2.14. The molecule has 1 N–H and O–H groups in total. The Morgan fingerprint density at radius 2 is 1.74 bits per heavy atom. The lowest BCUT2D eigenvalue weighted by atomic mass is 10.1. The van der Waals surface area contributed by atoms with Gasteiger partial charge >= 0.3 is 5.97 Å². The molecule has 3 aromatic carbocycles. The summed E-state index contributed by atoms with van der Waals surface area (Å²) in [4.78, 5) is 29.5. The van der Waals surface area contributed by atoms with Gasteiger partial charge in [-0.05, 0) is 72.7 Å². The molecule has 4 rings (SSSR count). The molecule has 0 spiro atoms. The van der Waals surface area contributed by atoms with Crippen molar-refractivity contribution < 1.29 is 19.1 Å². The van der Waals surface area contributed by atoms with E-state index in [-0.39, 0.29) is 18.3 Å². The van der Waals surface area contributed by atoms with E-state index in [0.29, 0.717) is 17.9 Å². The second-order valence-corrected chi connectivity index (χ2v) is 8.48. The highest BCUT2D eigenvalue weighted by molar-refractivity contribution is 7.19. The zero-order valence-corrected chi connectivity index (χ0v) is 19.7. The van der Waals surface area contributed by atoms with E-state index < -0.39 is 0 Å². The summed E-state index contributed by atoms with van der Waals surface area (Å²) in [6.07, 6.45) is 2.12. The number of anilines is 1. The number of fused-ring (bicyclic) bond motifs is 1. The van der Waals surface area contributed by atoms with Gasteiger partial charge in [-0.2, -0.15) is 0 Å². The van der Waals surface area contributed by atoms with Crippen molar-refractivity contribution in [3.8, 4) is 5.75 Å². The Kier molecular flexibility index (Phi) is 7.34. The van der Waals surface area contributed by atoms with Crippen LogP contribution in [-0.4, -0.2) is 30.6 Å². The molecule has 0 saturated heterocycles. The predicted octanol–water partition coefficient (Wildman–Crippen LogP) is 6.05. The molecule has 7 heteroatoms. The minimum atomic E-state index is -0.388. The highest BCUT2D eigenvalue weighted by atomic mass is 32.1. The van der Waals surface area contributed by atoms with Crippen molar-refractivity contribution in [2.75, 3.05) is 19.0 Å². The van der Waals surface area contributed by atoms with E-state index >= 15 is 0 Å². The molecule has 0 fully saturated rings. The van der Waals surface area contributed by atoms with E-state index in [2.05, 4.69) is 5.32 Å². The molecule has 1 heterocycles. The first-order chi connectivity index (χ1) is 16.6. The normalized spacial score (nSPS) is 11.3. The summed E-state index contributed by atoms with van der Waals surface area (Å²) in [5.41, 5.74) is 3.70. The lowest BCUT2D eigenvalue weighted by Crippen LogP contribution is -2.12. The number of methoxy groups -OCH3 is 1. The zero-order valence-electron chi connectivity index (χ0n) is 18.9. The monoisotopic (exact) mass is 472 g/mol. The number of hydrogen-bond acceptors (Lipinski definition) is 6.